The highest BCUT2D eigenvalue weighted by molar-refractivity contribution is 8.93. The highest BCUT2D eigenvalue weighted by Crippen LogP contribution is 2.19. The first-order chi connectivity index (χ1) is 23.0. The Labute approximate surface area is 311 Å². The van der Waals surface area contributed by atoms with Crippen LogP contribution in [0.5, 0.6) is 0 Å². The van der Waals surface area contributed by atoms with Crippen LogP contribution in [0.25, 0.3) is 0 Å². The van der Waals surface area contributed by atoms with Gasteiger partial charge in [0, 0.05) is 12.8 Å². The average Bonchev–Trinajstić information content (AvgIpc) is 3.74. The summed E-state index contributed by atoms with van der Waals surface area (Å²) in [4.78, 5) is 0. The van der Waals surface area contributed by atoms with Crippen molar-refractivity contribution in [1.82, 2.24) is 0 Å². The zero-order valence-corrected chi connectivity index (χ0v) is 34.5. The molecule has 1 aliphatic carbocycles. The van der Waals surface area contributed by atoms with Gasteiger partial charge in [0.05, 0.1) is 25.4 Å². The van der Waals surface area contributed by atoms with Gasteiger partial charge in [0.25, 0.3) is 0 Å². The Morgan fingerprint density at radius 3 is 0.771 bits per heavy atom. The number of hydrogen-bond donors (Lipinski definition) is 3. The fourth-order valence-electron chi connectivity index (χ4n) is 6.20. The van der Waals surface area contributed by atoms with E-state index in [9.17, 15) is 0 Å². The van der Waals surface area contributed by atoms with Crippen LogP contribution in [-0.2, 0) is 9.47 Å². The third kappa shape index (κ3) is 39.1. The number of ether oxygens (including phenoxy) is 2. The maximum atomic E-state index is 8.19. The lowest BCUT2D eigenvalue weighted by Crippen LogP contribution is -2.45. The fourth-order valence-corrected chi connectivity index (χ4v) is 6.20. The van der Waals surface area contributed by atoms with Gasteiger partial charge in [-0.3, -0.25) is 5.73 Å². The first-order valence-electron chi connectivity index (χ1n) is 21.4. The van der Waals surface area contributed by atoms with Gasteiger partial charge in [-0.15, -0.1) is 17.0 Å². The topological polar surface area (TPSA) is 84.9 Å². The van der Waals surface area contributed by atoms with Crippen LogP contribution in [0, 0.1) is 0 Å². The van der Waals surface area contributed by atoms with Crippen molar-refractivity contribution in [3.8, 4) is 0 Å². The summed E-state index contributed by atoms with van der Waals surface area (Å²) in [5.74, 6) is -0.884. The van der Waals surface area contributed by atoms with Gasteiger partial charge in [0.1, 0.15) is 0 Å². The van der Waals surface area contributed by atoms with E-state index in [-0.39, 0.29) is 17.0 Å². The van der Waals surface area contributed by atoms with E-state index in [1.165, 1.54) is 193 Å². The molecule has 0 aromatic heterocycles. The Morgan fingerprint density at radius 2 is 0.604 bits per heavy atom. The summed E-state index contributed by atoms with van der Waals surface area (Å²) >= 11 is 0. The molecule has 2 unspecified atom stereocenters. The lowest BCUT2D eigenvalue weighted by molar-refractivity contribution is -0.236. The number of nitrogens with two attached hydrogens (primary N) is 1. The fraction of sp³-hybridized carbons (Fsp3) is 1.00. The highest BCUT2D eigenvalue weighted by Gasteiger charge is 2.32. The van der Waals surface area contributed by atoms with Gasteiger partial charge in [0.2, 0.25) is 5.91 Å². The van der Waals surface area contributed by atoms with Gasteiger partial charge in [-0.1, -0.05) is 213 Å². The standard InChI is InChI=1S/C39H81NO2.C3H6O2.BrH/c1-4-7-9-11-13-15-17-19-21-23-25-27-29-31-33-35-37-41-39(40,6-3)42-38-36-34-32-30-28-26-24-22-20-18-16-14-12-10-8-5-2;4-2-1-3(2)5;/h4-38,40H2,1-3H3;2-5H,1H2;1H. The van der Waals surface area contributed by atoms with Crippen LogP contribution in [0.1, 0.15) is 239 Å². The predicted octanol–water partition coefficient (Wildman–Crippen LogP) is 13.3. The molecule has 5 nitrogen and oxygen atoms in total. The molecule has 0 bridgehead atoms. The van der Waals surface area contributed by atoms with Gasteiger partial charge in [-0.25, -0.2) is 0 Å². The van der Waals surface area contributed by atoms with E-state index in [2.05, 4.69) is 20.8 Å². The van der Waals surface area contributed by atoms with Crippen LogP contribution in [-0.4, -0.2) is 41.5 Å². The van der Waals surface area contributed by atoms with Crippen molar-refractivity contribution < 1.29 is 19.7 Å². The molecular formula is C42H88BrNO4. The third-order valence-electron chi connectivity index (χ3n) is 9.91. The van der Waals surface area contributed by atoms with Crippen molar-refractivity contribution in [1.29, 1.82) is 0 Å². The summed E-state index contributed by atoms with van der Waals surface area (Å²) in [6, 6.07) is 0. The normalized spacial score (nSPS) is 15.6. The smallest absolute Gasteiger partial charge is 0.224 e. The number of hydrogen-bond acceptors (Lipinski definition) is 5. The second-order valence-electron chi connectivity index (χ2n) is 14.8. The molecule has 0 amide bonds. The molecule has 292 valence electrons. The number of aliphatic hydroxyl groups excluding tert-OH is 2. The number of halogens is 1. The van der Waals surface area contributed by atoms with Crippen molar-refractivity contribution in [2.45, 2.75) is 257 Å². The first kappa shape index (κ1) is 50.4. The van der Waals surface area contributed by atoms with Gasteiger partial charge in [-0.2, -0.15) is 0 Å². The summed E-state index contributed by atoms with van der Waals surface area (Å²) in [6.07, 6.45) is 45.0. The van der Waals surface area contributed by atoms with Crippen LogP contribution in [0.4, 0.5) is 0 Å². The number of unbranched alkanes of at least 4 members (excludes halogenated alkanes) is 30. The molecule has 0 radical (unpaired) electrons. The van der Waals surface area contributed by atoms with Gasteiger partial charge < -0.3 is 19.7 Å². The molecule has 1 fully saturated rings. The van der Waals surface area contributed by atoms with Crippen molar-refractivity contribution >= 4 is 17.0 Å². The second kappa shape index (κ2) is 40.1. The van der Waals surface area contributed by atoms with Crippen LogP contribution < -0.4 is 5.73 Å². The largest absolute Gasteiger partial charge is 0.390 e. The molecule has 48 heavy (non-hydrogen) atoms. The predicted molar refractivity (Wildman–Crippen MR) is 215 cm³/mol. The maximum Gasteiger partial charge on any atom is 0.224 e. The molecule has 0 aromatic carbocycles. The van der Waals surface area contributed by atoms with Crippen LogP contribution >= 0.6 is 17.0 Å². The Kier molecular flexibility index (Phi) is 42.1. The van der Waals surface area contributed by atoms with E-state index in [4.69, 9.17) is 25.4 Å². The molecule has 4 N–H and O–H groups in total. The monoisotopic (exact) mass is 750 g/mol. The molecular weight excluding hydrogens is 662 g/mol. The Morgan fingerprint density at radius 1 is 0.417 bits per heavy atom. The van der Waals surface area contributed by atoms with E-state index in [1.54, 1.807) is 0 Å². The molecule has 0 aromatic rings. The van der Waals surface area contributed by atoms with Crippen molar-refractivity contribution in [2.75, 3.05) is 13.2 Å². The molecule has 0 spiro atoms. The summed E-state index contributed by atoms with van der Waals surface area (Å²) in [5, 5.41) is 16.4. The zero-order chi connectivity index (χ0) is 34.5. The van der Waals surface area contributed by atoms with Gasteiger partial charge in [0.15, 0.2) is 0 Å². The van der Waals surface area contributed by atoms with Crippen molar-refractivity contribution in [3.05, 3.63) is 0 Å². The lowest BCUT2D eigenvalue weighted by atomic mass is 10.0. The first-order valence-corrected chi connectivity index (χ1v) is 21.4. The van der Waals surface area contributed by atoms with E-state index >= 15 is 0 Å². The Hall–Kier alpha value is 0.280. The molecule has 1 rings (SSSR count). The van der Waals surface area contributed by atoms with Crippen molar-refractivity contribution in [2.24, 2.45) is 5.73 Å². The second-order valence-corrected chi connectivity index (χ2v) is 14.8. The summed E-state index contributed by atoms with van der Waals surface area (Å²) in [7, 11) is 0. The quantitative estimate of drug-likeness (QED) is 0.0435. The summed E-state index contributed by atoms with van der Waals surface area (Å²) in [6.45, 7) is 8.11. The summed E-state index contributed by atoms with van der Waals surface area (Å²) in [5.41, 5.74) is 6.39. The number of aliphatic hydroxyl groups is 2. The van der Waals surface area contributed by atoms with Crippen molar-refractivity contribution in [3.63, 3.8) is 0 Å². The molecule has 0 aliphatic heterocycles. The summed E-state index contributed by atoms with van der Waals surface area (Å²) < 4.78 is 12.0. The lowest BCUT2D eigenvalue weighted by Gasteiger charge is -2.28. The third-order valence-corrected chi connectivity index (χ3v) is 9.91. The Balaban J connectivity index is 0. The minimum absolute atomic E-state index is 0. The Bertz CT molecular complexity index is 552. The zero-order valence-electron chi connectivity index (χ0n) is 32.8. The van der Waals surface area contributed by atoms with E-state index in [0.717, 1.165) is 26.1 Å². The molecule has 1 aliphatic rings. The van der Waals surface area contributed by atoms with Gasteiger partial charge >= 0.3 is 0 Å². The maximum absolute atomic E-state index is 8.19. The number of rotatable bonds is 37. The van der Waals surface area contributed by atoms with Crippen LogP contribution in [0.3, 0.4) is 0 Å². The highest BCUT2D eigenvalue weighted by atomic mass is 79.9. The van der Waals surface area contributed by atoms with E-state index < -0.39 is 18.1 Å². The molecule has 2 atom stereocenters. The molecule has 0 heterocycles. The van der Waals surface area contributed by atoms with Crippen LogP contribution in [0.2, 0.25) is 0 Å². The molecule has 1 saturated carbocycles. The van der Waals surface area contributed by atoms with E-state index in [0.29, 0.717) is 12.8 Å². The molecule has 0 saturated heterocycles. The average molecular weight is 751 g/mol. The van der Waals surface area contributed by atoms with Gasteiger partial charge in [-0.05, 0) is 12.8 Å². The van der Waals surface area contributed by atoms with E-state index in [1.807, 2.05) is 0 Å². The SMILES string of the molecule is Br.CCCCCCCCCCCCCCCCCCOC(N)(CC)OCCCCCCCCCCCCCCCCCC.OC1CC1O. The minimum Gasteiger partial charge on any atom is -0.390 e. The minimum atomic E-state index is -0.884. The molecule has 6 heteroatoms. The van der Waals surface area contributed by atoms with Crippen LogP contribution in [0.15, 0.2) is 0 Å².